The third-order valence-electron chi connectivity index (χ3n) is 3.87. The molecule has 0 amide bonds. The van der Waals surface area contributed by atoms with E-state index >= 15 is 0 Å². The molecular weight excluding hydrogens is 367 g/mol. The first-order chi connectivity index (χ1) is 13.0. The topological polar surface area (TPSA) is 89.9 Å². The van der Waals surface area contributed by atoms with Crippen LogP contribution in [0.25, 0.3) is 0 Å². The average Bonchev–Trinajstić information content (AvgIpc) is 2.69. The van der Waals surface area contributed by atoms with Crippen LogP contribution in [0.15, 0.2) is 60.7 Å². The molecule has 0 saturated heterocycles. The molecule has 0 aliphatic rings. The van der Waals surface area contributed by atoms with Gasteiger partial charge in [-0.2, -0.15) is 4.89 Å². The second kappa shape index (κ2) is 11.2. The van der Waals surface area contributed by atoms with Crippen LogP contribution in [0.3, 0.4) is 0 Å². The lowest BCUT2D eigenvalue weighted by Gasteiger charge is -2.12. The Hall–Kier alpha value is -2.56. The molecular formula is C20H22O6P+. The van der Waals surface area contributed by atoms with Gasteiger partial charge in [-0.05, 0) is 22.1 Å². The summed E-state index contributed by atoms with van der Waals surface area (Å²) in [6, 6.07) is 18.4. The SMILES string of the molecule is O=C(CC[C@H](C[P+](=O)O)C(=O)OCc1ccccc1)OCc1ccccc1. The molecule has 2 aromatic rings. The van der Waals surface area contributed by atoms with Crippen LogP contribution in [0.4, 0.5) is 0 Å². The molecule has 1 unspecified atom stereocenters. The molecule has 0 aliphatic carbocycles. The van der Waals surface area contributed by atoms with E-state index in [0.717, 1.165) is 11.1 Å². The van der Waals surface area contributed by atoms with E-state index in [-0.39, 0.29) is 32.2 Å². The van der Waals surface area contributed by atoms with Crippen molar-refractivity contribution < 1.29 is 28.5 Å². The van der Waals surface area contributed by atoms with Crippen LogP contribution < -0.4 is 0 Å². The Kier molecular flexibility index (Phi) is 8.62. The minimum Gasteiger partial charge on any atom is -0.461 e. The summed E-state index contributed by atoms with van der Waals surface area (Å²) in [6.07, 6.45) is -0.168. The summed E-state index contributed by atoms with van der Waals surface area (Å²) in [6.45, 7) is 0.230. The number of esters is 2. The van der Waals surface area contributed by atoms with Crippen LogP contribution in [0.5, 0.6) is 0 Å². The smallest absolute Gasteiger partial charge is 0.461 e. The van der Waals surface area contributed by atoms with Gasteiger partial charge in [0.1, 0.15) is 19.1 Å². The van der Waals surface area contributed by atoms with E-state index in [2.05, 4.69) is 0 Å². The highest BCUT2D eigenvalue weighted by Gasteiger charge is 2.30. The Morgan fingerprint density at radius 2 is 1.41 bits per heavy atom. The third kappa shape index (κ3) is 8.11. The van der Waals surface area contributed by atoms with E-state index in [1.54, 1.807) is 0 Å². The Bertz CT molecular complexity index is 748. The molecule has 0 radical (unpaired) electrons. The lowest BCUT2D eigenvalue weighted by atomic mass is 10.1. The molecule has 0 heterocycles. The second-order valence-electron chi connectivity index (χ2n) is 6.01. The lowest BCUT2D eigenvalue weighted by Crippen LogP contribution is -2.21. The summed E-state index contributed by atoms with van der Waals surface area (Å²) in [5.41, 5.74) is 1.68. The molecule has 0 bridgehead atoms. The molecule has 0 fully saturated rings. The molecule has 7 heteroatoms. The van der Waals surface area contributed by atoms with Crippen molar-refractivity contribution in [1.82, 2.24) is 0 Å². The predicted octanol–water partition coefficient (Wildman–Crippen LogP) is 3.60. The van der Waals surface area contributed by atoms with Gasteiger partial charge in [0.25, 0.3) is 0 Å². The van der Waals surface area contributed by atoms with E-state index in [9.17, 15) is 14.2 Å². The quantitative estimate of drug-likeness (QED) is 0.493. The van der Waals surface area contributed by atoms with Gasteiger partial charge in [-0.25, -0.2) is 0 Å². The van der Waals surface area contributed by atoms with Crippen LogP contribution in [0.1, 0.15) is 24.0 Å². The minimum absolute atomic E-state index is 0.0267. The standard InChI is InChI=1S/C20H21O6P/c21-19(25-13-16-7-3-1-4-8-16)12-11-18(15-27(23)24)20(22)26-14-17-9-5-2-6-10-17/h1-10,18H,11-15H2/p+1/t18-/m1/s1. The summed E-state index contributed by atoms with van der Waals surface area (Å²) >= 11 is 0. The zero-order valence-electron chi connectivity index (χ0n) is 14.8. The molecule has 0 aliphatic heterocycles. The largest absolute Gasteiger partial charge is 0.506 e. The zero-order valence-corrected chi connectivity index (χ0v) is 15.7. The van der Waals surface area contributed by atoms with E-state index in [1.807, 2.05) is 60.7 Å². The molecule has 2 aromatic carbocycles. The van der Waals surface area contributed by atoms with E-state index < -0.39 is 25.9 Å². The minimum atomic E-state index is -2.52. The maximum Gasteiger partial charge on any atom is 0.506 e. The van der Waals surface area contributed by atoms with E-state index in [0.29, 0.717) is 0 Å². The van der Waals surface area contributed by atoms with Gasteiger partial charge < -0.3 is 9.47 Å². The fraction of sp³-hybridized carbons (Fsp3) is 0.300. The monoisotopic (exact) mass is 389 g/mol. The summed E-state index contributed by atoms with van der Waals surface area (Å²) in [4.78, 5) is 33.3. The van der Waals surface area contributed by atoms with Crippen molar-refractivity contribution >= 4 is 20.0 Å². The summed E-state index contributed by atoms with van der Waals surface area (Å²) < 4.78 is 21.6. The Labute approximate surface area is 159 Å². The van der Waals surface area contributed by atoms with Gasteiger partial charge in [0.05, 0.1) is 0 Å². The molecule has 27 heavy (non-hydrogen) atoms. The van der Waals surface area contributed by atoms with Gasteiger partial charge in [0, 0.05) is 6.42 Å². The number of carbonyl (C=O) groups excluding carboxylic acids is 2. The number of hydrogen-bond donors (Lipinski definition) is 1. The molecule has 1 N–H and O–H groups in total. The highest BCUT2D eigenvalue weighted by Crippen LogP contribution is 2.23. The third-order valence-corrected chi connectivity index (χ3v) is 4.63. The van der Waals surface area contributed by atoms with Gasteiger partial charge >= 0.3 is 20.0 Å². The lowest BCUT2D eigenvalue weighted by molar-refractivity contribution is -0.150. The number of rotatable bonds is 10. The first-order valence-electron chi connectivity index (χ1n) is 8.58. The van der Waals surface area contributed by atoms with Crippen molar-refractivity contribution in [1.29, 1.82) is 0 Å². The number of hydrogen-bond acceptors (Lipinski definition) is 5. The van der Waals surface area contributed by atoms with Crippen LogP contribution in [0.2, 0.25) is 0 Å². The average molecular weight is 389 g/mol. The molecule has 2 rings (SSSR count). The number of ether oxygens (including phenoxy) is 2. The molecule has 0 spiro atoms. The van der Waals surface area contributed by atoms with E-state index in [4.69, 9.17) is 14.4 Å². The van der Waals surface area contributed by atoms with Crippen LogP contribution in [0, 0.1) is 5.92 Å². The highest BCUT2D eigenvalue weighted by molar-refractivity contribution is 7.38. The second-order valence-corrected chi connectivity index (χ2v) is 7.08. The Morgan fingerprint density at radius 1 is 0.889 bits per heavy atom. The summed E-state index contributed by atoms with van der Waals surface area (Å²) in [5.74, 6) is -1.88. The zero-order chi connectivity index (χ0) is 19.5. The summed E-state index contributed by atoms with van der Waals surface area (Å²) in [5, 5.41) is 0. The first-order valence-corrected chi connectivity index (χ1v) is 9.98. The summed E-state index contributed by atoms with van der Waals surface area (Å²) in [7, 11) is -2.52. The van der Waals surface area contributed by atoms with Crippen molar-refractivity contribution in [3.8, 4) is 0 Å². The van der Waals surface area contributed by atoms with Crippen molar-refractivity contribution in [2.45, 2.75) is 26.1 Å². The van der Waals surface area contributed by atoms with Crippen molar-refractivity contribution in [3.63, 3.8) is 0 Å². The molecule has 6 nitrogen and oxygen atoms in total. The Morgan fingerprint density at radius 3 is 1.93 bits per heavy atom. The van der Waals surface area contributed by atoms with Gasteiger partial charge in [-0.3, -0.25) is 9.59 Å². The molecule has 2 atom stereocenters. The van der Waals surface area contributed by atoms with Crippen molar-refractivity contribution in [2.24, 2.45) is 5.92 Å². The van der Waals surface area contributed by atoms with Gasteiger partial charge in [-0.1, -0.05) is 60.7 Å². The number of carbonyl (C=O) groups is 2. The van der Waals surface area contributed by atoms with Crippen LogP contribution in [-0.2, 0) is 36.8 Å². The molecule has 142 valence electrons. The van der Waals surface area contributed by atoms with Crippen LogP contribution >= 0.6 is 8.03 Å². The highest BCUT2D eigenvalue weighted by atomic mass is 31.1. The van der Waals surface area contributed by atoms with Gasteiger partial charge in [0.15, 0.2) is 6.16 Å². The number of benzene rings is 2. The predicted molar refractivity (Wildman–Crippen MR) is 99.9 cm³/mol. The van der Waals surface area contributed by atoms with E-state index in [1.165, 1.54) is 0 Å². The van der Waals surface area contributed by atoms with Crippen molar-refractivity contribution in [3.05, 3.63) is 71.8 Å². The maximum absolute atomic E-state index is 12.2. The maximum atomic E-state index is 12.2. The van der Waals surface area contributed by atoms with Gasteiger partial charge in [-0.15, -0.1) is 0 Å². The van der Waals surface area contributed by atoms with Gasteiger partial charge in [0.2, 0.25) is 0 Å². The molecule has 0 aromatic heterocycles. The van der Waals surface area contributed by atoms with Crippen molar-refractivity contribution in [2.75, 3.05) is 6.16 Å². The molecule has 0 saturated carbocycles. The van der Waals surface area contributed by atoms with Crippen LogP contribution in [-0.4, -0.2) is 23.0 Å². The fourth-order valence-electron chi connectivity index (χ4n) is 2.42. The fourth-order valence-corrected chi connectivity index (χ4v) is 3.13. The first kappa shape index (κ1) is 20.7. The Balaban J connectivity index is 1.81. The normalized spacial score (nSPS) is 12.1.